The van der Waals surface area contributed by atoms with Crippen LogP contribution in [0.25, 0.3) is 11.1 Å². The standard InChI is InChI=1S/C22H18F5NO4/c23-21(24,22(25,26)27)17-9-10-28(18(17)19(29)30)20(31)32-11-16-14-7-3-1-5-12(14)13-6-2-4-8-15(13)16/h1-8,16-18H,9-11H2,(H,29,30)/t17-,18-/m0/s1. The summed E-state index contributed by atoms with van der Waals surface area (Å²) in [7, 11) is 0. The van der Waals surface area contributed by atoms with Crippen molar-refractivity contribution in [3.63, 3.8) is 0 Å². The van der Waals surface area contributed by atoms with Crippen molar-refractivity contribution in [1.29, 1.82) is 0 Å². The maximum Gasteiger partial charge on any atom is 0.453 e. The van der Waals surface area contributed by atoms with Gasteiger partial charge < -0.3 is 9.84 Å². The average molecular weight is 455 g/mol. The SMILES string of the molecule is O=C(O)[C@@H]1[C@@H](C(F)(F)C(F)(F)F)CCN1C(=O)OCC1c2ccccc2-c2ccccc21. The second-order valence-corrected chi connectivity index (χ2v) is 7.80. The van der Waals surface area contributed by atoms with E-state index in [-0.39, 0.29) is 12.5 Å². The van der Waals surface area contributed by atoms with E-state index >= 15 is 0 Å². The Morgan fingerprint density at radius 3 is 2.00 bits per heavy atom. The molecule has 1 aliphatic heterocycles. The second kappa shape index (κ2) is 7.75. The summed E-state index contributed by atoms with van der Waals surface area (Å²) in [6.07, 6.45) is -7.98. The third-order valence-electron chi connectivity index (χ3n) is 6.07. The van der Waals surface area contributed by atoms with Crippen LogP contribution < -0.4 is 0 Å². The van der Waals surface area contributed by atoms with Gasteiger partial charge in [0.15, 0.2) is 0 Å². The van der Waals surface area contributed by atoms with Crippen LogP contribution >= 0.6 is 0 Å². The Bertz CT molecular complexity index is 1010. The van der Waals surface area contributed by atoms with Gasteiger partial charge >= 0.3 is 24.2 Å². The molecule has 1 fully saturated rings. The number of ether oxygens (including phenoxy) is 1. The number of nitrogens with zero attached hydrogens (tertiary/aromatic N) is 1. The van der Waals surface area contributed by atoms with Crippen molar-refractivity contribution in [3.8, 4) is 11.1 Å². The molecular weight excluding hydrogens is 437 g/mol. The average Bonchev–Trinajstić information content (AvgIpc) is 3.32. The number of amides is 1. The molecule has 1 N–H and O–H groups in total. The van der Waals surface area contributed by atoms with Crippen LogP contribution in [0, 0.1) is 5.92 Å². The number of benzene rings is 2. The third-order valence-corrected chi connectivity index (χ3v) is 6.07. The molecular formula is C22H18F5NO4. The van der Waals surface area contributed by atoms with E-state index in [0.29, 0.717) is 4.90 Å². The molecule has 2 aliphatic rings. The van der Waals surface area contributed by atoms with Gasteiger partial charge in [0, 0.05) is 12.5 Å². The zero-order valence-electron chi connectivity index (χ0n) is 16.5. The number of halogens is 5. The van der Waals surface area contributed by atoms with Gasteiger partial charge in [0.25, 0.3) is 0 Å². The Morgan fingerprint density at radius 2 is 1.50 bits per heavy atom. The number of carboxylic acid groups (broad SMARTS) is 1. The first kappa shape index (κ1) is 22.0. The second-order valence-electron chi connectivity index (χ2n) is 7.80. The van der Waals surface area contributed by atoms with Crippen LogP contribution in [0.15, 0.2) is 48.5 Å². The molecule has 32 heavy (non-hydrogen) atoms. The Balaban J connectivity index is 1.53. The van der Waals surface area contributed by atoms with Crippen LogP contribution in [0.3, 0.4) is 0 Å². The zero-order valence-corrected chi connectivity index (χ0v) is 16.5. The highest BCUT2D eigenvalue weighted by atomic mass is 19.4. The number of hydrogen-bond acceptors (Lipinski definition) is 3. The molecule has 0 aromatic heterocycles. The van der Waals surface area contributed by atoms with Crippen LogP contribution in [0.5, 0.6) is 0 Å². The number of aliphatic carboxylic acids is 1. The van der Waals surface area contributed by atoms with Gasteiger partial charge in [0.1, 0.15) is 12.6 Å². The summed E-state index contributed by atoms with van der Waals surface area (Å²) in [5.74, 6) is -10.2. The number of rotatable bonds is 4. The number of alkyl halides is 5. The van der Waals surface area contributed by atoms with E-state index in [9.17, 15) is 36.6 Å². The maximum absolute atomic E-state index is 13.9. The van der Waals surface area contributed by atoms with Gasteiger partial charge in [-0.3, -0.25) is 4.90 Å². The van der Waals surface area contributed by atoms with E-state index in [1.165, 1.54) is 0 Å². The molecule has 0 radical (unpaired) electrons. The third kappa shape index (κ3) is 3.47. The van der Waals surface area contributed by atoms with Gasteiger partial charge in [-0.1, -0.05) is 48.5 Å². The number of carbonyl (C=O) groups excluding carboxylic acids is 1. The van der Waals surface area contributed by atoms with Gasteiger partial charge in [0.2, 0.25) is 0 Å². The molecule has 4 rings (SSSR count). The highest BCUT2D eigenvalue weighted by molar-refractivity contribution is 5.82. The highest BCUT2D eigenvalue weighted by Gasteiger charge is 2.67. The summed E-state index contributed by atoms with van der Waals surface area (Å²) in [5.41, 5.74) is 3.63. The molecule has 2 atom stereocenters. The monoisotopic (exact) mass is 455 g/mol. The first-order valence-electron chi connectivity index (χ1n) is 9.83. The minimum absolute atomic E-state index is 0.212. The van der Waals surface area contributed by atoms with E-state index in [4.69, 9.17) is 4.74 Å². The van der Waals surface area contributed by atoms with Gasteiger partial charge in [-0.05, 0) is 28.7 Å². The zero-order chi connectivity index (χ0) is 23.3. The fraction of sp³-hybridized carbons (Fsp3) is 0.364. The van der Waals surface area contributed by atoms with Crippen molar-refractivity contribution in [2.75, 3.05) is 13.2 Å². The summed E-state index contributed by atoms with van der Waals surface area (Å²) in [6.45, 7) is -0.792. The Labute approximate surface area is 179 Å². The molecule has 2 aromatic rings. The lowest BCUT2D eigenvalue weighted by Crippen LogP contribution is -2.52. The number of fused-ring (bicyclic) bond motifs is 3. The maximum atomic E-state index is 13.9. The molecule has 1 saturated heterocycles. The molecule has 5 nitrogen and oxygen atoms in total. The van der Waals surface area contributed by atoms with E-state index in [1.54, 1.807) is 0 Å². The minimum atomic E-state index is -5.93. The van der Waals surface area contributed by atoms with Crippen molar-refractivity contribution in [2.45, 2.75) is 30.5 Å². The first-order valence-corrected chi connectivity index (χ1v) is 9.83. The molecule has 10 heteroatoms. The summed E-state index contributed by atoms with van der Waals surface area (Å²) in [6, 6.07) is 12.5. The van der Waals surface area contributed by atoms with E-state index in [2.05, 4.69) is 0 Å². The van der Waals surface area contributed by atoms with Crippen molar-refractivity contribution in [2.24, 2.45) is 5.92 Å². The Kier molecular flexibility index (Phi) is 5.34. The number of carboxylic acids is 1. The molecule has 1 amide bonds. The van der Waals surface area contributed by atoms with Gasteiger partial charge in [-0.2, -0.15) is 22.0 Å². The number of hydrogen-bond donors (Lipinski definition) is 1. The lowest BCUT2D eigenvalue weighted by molar-refractivity contribution is -0.303. The van der Waals surface area contributed by atoms with Crippen LogP contribution in [0.2, 0.25) is 0 Å². The molecule has 0 spiro atoms. The molecule has 0 bridgehead atoms. The normalized spacial score (nSPS) is 20.7. The number of carbonyl (C=O) groups is 2. The quantitative estimate of drug-likeness (QED) is 0.666. The molecule has 0 unspecified atom stereocenters. The predicted molar refractivity (Wildman–Crippen MR) is 102 cm³/mol. The fourth-order valence-electron chi connectivity index (χ4n) is 4.57. The summed E-state index contributed by atoms with van der Waals surface area (Å²) in [5, 5.41) is 9.32. The Morgan fingerprint density at radius 1 is 0.969 bits per heavy atom. The van der Waals surface area contributed by atoms with Crippen molar-refractivity contribution >= 4 is 12.1 Å². The molecule has 2 aromatic carbocycles. The lowest BCUT2D eigenvalue weighted by Gasteiger charge is -2.30. The summed E-state index contributed by atoms with van der Waals surface area (Å²) >= 11 is 0. The lowest BCUT2D eigenvalue weighted by atomic mass is 9.92. The van der Waals surface area contributed by atoms with Gasteiger partial charge in [-0.15, -0.1) is 0 Å². The van der Waals surface area contributed by atoms with Crippen LogP contribution in [-0.4, -0.2) is 53.4 Å². The van der Waals surface area contributed by atoms with Crippen LogP contribution in [-0.2, 0) is 9.53 Å². The smallest absolute Gasteiger partial charge is 0.453 e. The van der Waals surface area contributed by atoms with E-state index < -0.39 is 49.1 Å². The molecule has 170 valence electrons. The number of likely N-dealkylation sites (tertiary alicyclic amines) is 1. The first-order chi connectivity index (χ1) is 15.0. The summed E-state index contributed by atoms with van der Waals surface area (Å²) in [4.78, 5) is 24.6. The topological polar surface area (TPSA) is 66.8 Å². The van der Waals surface area contributed by atoms with E-state index in [1.807, 2.05) is 48.5 Å². The van der Waals surface area contributed by atoms with Gasteiger partial charge in [0.05, 0.1) is 5.92 Å². The largest absolute Gasteiger partial charge is 0.480 e. The molecule has 1 heterocycles. The molecule has 1 aliphatic carbocycles. The predicted octanol–water partition coefficient (Wildman–Crippen LogP) is 4.91. The highest BCUT2D eigenvalue weighted by Crippen LogP contribution is 2.48. The van der Waals surface area contributed by atoms with Crippen molar-refractivity contribution < 1.29 is 41.4 Å². The van der Waals surface area contributed by atoms with Crippen molar-refractivity contribution in [3.05, 3.63) is 59.7 Å². The van der Waals surface area contributed by atoms with Crippen molar-refractivity contribution in [1.82, 2.24) is 4.90 Å². The van der Waals surface area contributed by atoms with Gasteiger partial charge in [-0.25, -0.2) is 9.59 Å². The molecule has 0 saturated carbocycles. The Hall–Kier alpha value is -3.17. The fourth-order valence-corrected chi connectivity index (χ4v) is 4.57. The van der Waals surface area contributed by atoms with E-state index in [0.717, 1.165) is 22.3 Å². The summed E-state index contributed by atoms with van der Waals surface area (Å²) < 4.78 is 71.4. The minimum Gasteiger partial charge on any atom is -0.480 e. The van der Waals surface area contributed by atoms with Crippen LogP contribution in [0.4, 0.5) is 26.7 Å². The van der Waals surface area contributed by atoms with Crippen LogP contribution in [0.1, 0.15) is 23.5 Å².